The molecule has 1 aliphatic heterocycles. The second-order valence-corrected chi connectivity index (χ2v) is 7.78. The molecule has 3 heteroatoms. The van der Waals surface area contributed by atoms with E-state index >= 15 is 0 Å². The summed E-state index contributed by atoms with van der Waals surface area (Å²) in [6.45, 7) is 2.12. The van der Waals surface area contributed by atoms with Gasteiger partial charge in [-0.1, -0.05) is 42.6 Å². The maximum atomic E-state index is 13.0. The van der Waals surface area contributed by atoms with E-state index in [1.165, 1.54) is 32.2 Å². The molecule has 2 aromatic carbocycles. The molecule has 2 aliphatic rings. The first kappa shape index (κ1) is 16.1. The van der Waals surface area contributed by atoms with Gasteiger partial charge in [-0.25, -0.2) is 0 Å². The van der Waals surface area contributed by atoms with Gasteiger partial charge in [0.05, 0.1) is 0 Å². The third kappa shape index (κ3) is 3.22. The molecule has 4 rings (SSSR count). The predicted molar refractivity (Wildman–Crippen MR) is 99.8 cm³/mol. The van der Waals surface area contributed by atoms with Crippen LogP contribution in [0.15, 0.2) is 36.4 Å². The zero-order valence-corrected chi connectivity index (χ0v) is 14.8. The van der Waals surface area contributed by atoms with Crippen LogP contribution in [0.25, 0.3) is 10.8 Å². The van der Waals surface area contributed by atoms with Gasteiger partial charge in [-0.05, 0) is 61.2 Å². The van der Waals surface area contributed by atoms with Gasteiger partial charge in [-0.15, -0.1) is 0 Å². The van der Waals surface area contributed by atoms with Gasteiger partial charge in [-0.3, -0.25) is 9.69 Å². The van der Waals surface area contributed by atoms with Gasteiger partial charge in [0.25, 0.3) is 0 Å². The molecule has 1 heterocycles. The lowest BCUT2D eigenvalue weighted by molar-refractivity contribution is 0.0757. The average molecular weight is 342 g/mol. The van der Waals surface area contributed by atoms with Gasteiger partial charge < -0.3 is 0 Å². The molecule has 0 N–H and O–H groups in total. The maximum absolute atomic E-state index is 13.0. The molecule has 0 bridgehead atoms. The van der Waals surface area contributed by atoms with Crippen LogP contribution in [0.3, 0.4) is 0 Å². The predicted octanol–water partition coefficient (Wildman–Crippen LogP) is 5.33. The van der Waals surface area contributed by atoms with Crippen molar-refractivity contribution in [3.8, 4) is 0 Å². The molecule has 1 saturated heterocycles. The van der Waals surface area contributed by atoms with E-state index in [9.17, 15) is 4.79 Å². The van der Waals surface area contributed by atoms with E-state index in [0.29, 0.717) is 5.78 Å². The highest BCUT2D eigenvalue weighted by atomic mass is 35.5. The van der Waals surface area contributed by atoms with Gasteiger partial charge in [0.15, 0.2) is 5.78 Å². The molecule has 2 fully saturated rings. The molecule has 0 spiro atoms. The zero-order chi connectivity index (χ0) is 16.5. The molecule has 2 aromatic rings. The Morgan fingerprint density at radius 2 is 1.71 bits per heavy atom. The summed E-state index contributed by atoms with van der Waals surface area (Å²) >= 11 is 6.05. The highest BCUT2D eigenvalue weighted by Gasteiger charge is 2.31. The van der Waals surface area contributed by atoms with E-state index in [-0.39, 0.29) is 5.92 Å². The molecular weight excluding hydrogens is 318 g/mol. The van der Waals surface area contributed by atoms with Crippen LogP contribution < -0.4 is 0 Å². The van der Waals surface area contributed by atoms with Crippen LogP contribution in [0.2, 0.25) is 5.02 Å². The van der Waals surface area contributed by atoms with E-state index in [0.717, 1.165) is 46.8 Å². The Balaban J connectivity index is 1.53. The Bertz CT molecular complexity index is 751. The number of likely N-dealkylation sites (tertiary alicyclic amines) is 1. The van der Waals surface area contributed by atoms with Crippen molar-refractivity contribution in [3.63, 3.8) is 0 Å². The van der Waals surface area contributed by atoms with E-state index in [1.807, 2.05) is 36.4 Å². The summed E-state index contributed by atoms with van der Waals surface area (Å²) in [5.74, 6) is 0.471. The van der Waals surface area contributed by atoms with Crippen LogP contribution in [-0.4, -0.2) is 29.8 Å². The first-order chi connectivity index (χ1) is 11.7. The first-order valence-corrected chi connectivity index (χ1v) is 9.56. The molecule has 1 saturated carbocycles. The standard InChI is InChI=1S/C21H24ClNO/c22-19-10-9-15-12-17(8-7-16(15)13-19)21(24)18-4-3-11-23(14-18)20-5-1-2-6-20/h7-10,12-13,18,20H,1-6,11,14H2. The Morgan fingerprint density at radius 3 is 2.54 bits per heavy atom. The Hall–Kier alpha value is -1.38. The third-order valence-electron chi connectivity index (χ3n) is 5.75. The number of hydrogen-bond donors (Lipinski definition) is 0. The van der Waals surface area contributed by atoms with Crippen LogP contribution >= 0.6 is 11.6 Å². The van der Waals surface area contributed by atoms with Crippen LogP contribution in [0, 0.1) is 5.92 Å². The maximum Gasteiger partial charge on any atom is 0.167 e. The highest BCUT2D eigenvalue weighted by molar-refractivity contribution is 6.31. The van der Waals surface area contributed by atoms with Crippen LogP contribution in [-0.2, 0) is 0 Å². The summed E-state index contributed by atoms with van der Waals surface area (Å²) in [6, 6.07) is 12.6. The lowest BCUT2D eigenvalue weighted by atomic mass is 9.88. The second-order valence-electron chi connectivity index (χ2n) is 7.34. The number of ketones is 1. The molecule has 1 atom stereocenters. The number of rotatable bonds is 3. The minimum atomic E-state index is 0.157. The van der Waals surface area contributed by atoms with Crippen molar-refractivity contribution >= 4 is 28.2 Å². The van der Waals surface area contributed by atoms with Crippen molar-refractivity contribution in [2.24, 2.45) is 5.92 Å². The van der Waals surface area contributed by atoms with Gasteiger partial charge in [0.2, 0.25) is 0 Å². The molecule has 1 unspecified atom stereocenters. The number of hydrogen-bond acceptors (Lipinski definition) is 2. The number of halogens is 1. The molecule has 2 nitrogen and oxygen atoms in total. The quantitative estimate of drug-likeness (QED) is 0.703. The van der Waals surface area contributed by atoms with Gasteiger partial charge in [0, 0.05) is 29.1 Å². The normalized spacial score (nSPS) is 23.0. The number of nitrogens with zero attached hydrogens (tertiary/aromatic N) is 1. The van der Waals surface area contributed by atoms with Crippen molar-refractivity contribution in [1.82, 2.24) is 4.90 Å². The molecular formula is C21H24ClNO. The van der Waals surface area contributed by atoms with Gasteiger partial charge in [0.1, 0.15) is 0 Å². The lowest BCUT2D eigenvalue weighted by Crippen LogP contribution is -2.43. The van der Waals surface area contributed by atoms with E-state index in [2.05, 4.69) is 4.90 Å². The van der Waals surface area contributed by atoms with Crippen LogP contribution in [0.1, 0.15) is 48.9 Å². The van der Waals surface area contributed by atoms with Crippen LogP contribution in [0.5, 0.6) is 0 Å². The van der Waals surface area contributed by atoms with Crippen molar-refractivity contribution < 1.29 is 4.79 Å². The number of carbonyl (C=O) groups is 1. The fourth-order valence-corrected chi connectivity index (χ4v) is 4.61. The number of benzene rings is 2. The van der Waals surface area contributed by atoms with E-state index in [1.54, 1.807) is 0 Å². The topological polar surface area (TPSA) is 20.3 Å². The number of piperidine rings is 1. The summed E-state index contributed by atoms with van der Waals surface area (Å²) in [5.41, 5.74) is 0.850. The van der Waals surface area contributed by atoms with Crippen molar-refractivity contribution in [1.29, 1.82) is 0 Å². The minimum Gasteiger partial charge on any atom is -0.300 e. The summed E-state index contributed by atoms with van der Waals surface area (Å²) in [7, 11) is 0. The fourth-order valence-electron chi connectivity index (χ4n) is 4.43. The number of fused-ring (bicyclic) bond motifs is 1. The Kier molecular flexibility index (Phi) is 4.60. The largest absolute Gasteiger partial charge is 0.300 e. The third-order valence-corrected chi connectivity index (χ3v) is 5.99. The number of Topliss-reactive ketones (excluding diaryl/α,β-unsaturated/α-hetero) is 1. The van der Waals surface area contributed by atoms with Crippen LogP contribution in [0.4, 0.5) is 0 Å². The summed E-state index contributed by atoms with van der Waals surface area (Å²) < 4.78 is 0. The number of carbonyl (C=O) groups excluding carboxylic acids is 1. The summed E-state index contributed by atoms with van der Waals surface area (Å²) in [5, 5.41) is 2.92. The van der Waals surface area contributed by atoms with Gasteiger partial charge in [-0.2, -0.15) is 0 Å². The zero-order valence-electron chi connectivity index (χ0n) is 14.0. The summed E-state index contributed by atoms with van der Waals surface area (Å²) in [4.78, 5) is 15.6. The fraction of sp³-hybridized carbons (Fsp3) is 0.476. The smallest absolute Gasteiger partial charge is 0.167 e. The molecule has 126 valence electrons. The molecule has 0 radical (unpaired) electrons. The monoisotopic (exact) mass is 341 g/mol. The van der Waals surface area contributed by atoms with E-state index in [4.69, 9.17) is 11.6 Å². The summed E-state index contributed by atoms with van der Waals surface area (Å²) in [6.07, 6.45) is 7.52. The minimum absolute atomic E-state index is 0.157. The van der Waals surface area contributed by atoms with Crippen molar-refractivity contribution in [3.05, 3.63) is 47.0 Å². The van der Waals surface area contributed by atoms with Gasteiger partial charge >= 0.3 is 0 Å². The molecule has 24 heavy (non-hydrogen) atoms. The Morgan fingerprint density at radius 1 is 0.958 bits per heavy atom. The van der Waals surface area contributed by atoms with Crippen molar-refractivity contribution in [2.45, 2.75) is 44.6 Å². The first-order valence-electron chi connectivity index (χ1n) is 9.18. The molecule has 0 amide bonds. The lowest BCUT2D eigenvalue weighted by Gasteiger charge is -2.36. The highest BCUT2D eigenvalue weighted by Crippen LogP contribution is 2.30. The molecule has 1 aliphatic carbocycles. The molecule has 0 aromatic heterocycles. The Labute approximate surface area is 148 Å². The van der Waals surface area contributed by atoms with Crippen molar-refractivity contribution in [2.75, 3.05) is 13.1 Å². The average Bonchev–Trinajstić information content (AvgIpc) is 3.15. The SMILES string of the molecule is O=C(c1ccc2cc(Cl)ccc2c1)C1CCCN(C2CCCC2)C1. The van der Waals surface area contributed by atoms with E-state index < -0.39 is 0 Å². The second kappa shape index (κ2) is 6.85.